The molecule has 4 aromatic rings. The number of nitrogens with one attached hydrogen (secondary N) is 4. The van der Waals surface area contributed by atoms with Crippen molar-refractivity contribution < 1.29 is 4.79 Å². The van der Waals surface area contributed by atoms with Crippen LogP contribution in [0.3, 0.4) is 0 Å². The molecule has 0 saturated carbocycles. The summed E-state index contributed by atoms with van der Waals surface area (Å²) in [6, 6.07) is 24.5. The summed E-state index contributed by atoms with van der Waals surface area (Å²) in [5.74, 6) is -0.500. The van der Waals surface area contributed by atoms with Crippen molar-refractivity contribution in [3.63, 3.8) is 0 Å². The maximum absolute atomic E-state index is 11.5. The molecule has 0 saturated heterocycles. The maximum atomic E-state index is 11.5. The molecule has 0 fully saturated rings. The lowest BCUT2D eigenvalue weighted by Gasteiger charge is -2.24. The fourth-order valence-electron chi connectivity index (χ4n) is 4.94. The Morgan fingerprint density at radius 2 is 1.81 bits per heavy atom. The first-order valence-electron chi connectivity index (χ1n) is 13.4. The highest BCUT2D eigenvalue weighted by Gasteiger charge is 2.26. The highest BCUT2D eigenvalue weighted by molar-refractivity contribution is 6.36. The Balaban J connectivity index is 1.58. The zero-order valence-corrected chi connectivity index (χ0v) is 24.3. The van der Waals surface area contributed by atoms with Gasteiger partial charge < -0.3 is 21.8 Å². The molecule has 1 amide bonds. The minimum absolute atomic E-state index is 0.0421. The first kappa shape index (κ1) is 29.5. The molecule has 3 aromatic carbocycles. The SMILES string of the molecule is N#CCC[C@@H](Nc1c(C#N)cnc2c(Cl)cc(N[C@H](C3=CN(CC(N)=O)NN3)c3ccccc3Cl)cc12)c1ccccc1. The minimum atomic E-state index is -0.500. The van der Waals surface area contributed by atoms with Crippen molar-refractivity contribution in [3.8, 4) is 12.1 Å². The van der Waals surface area contributed by atoms with E-state index < -0.39 is 11.9 Å². The van der Waals surface area contributed by atoms with Crippen molar-refractivity contribution in [1.29, 1.82) is 10.5 Å². The quantitative estimate of drug-likeness (QED) is 0.144. The van der Waals surface area contributed by atoms with E-state index in [0.717, 1.165) is 11.1 Å². The Kier molecular flexibility index (Phi) is 9.14. The van der Waals surface area contributed by atoms with Gasteiger partial charge in [0.25, 0.3) is 0 Å². The first-order valence-corrected chi connectivity index (χ1v) is 14.1. The average molecular weight is 613 g/mol. The van der Waals surface area contributed by atoms with Crippen LogP contribution < -0.4 is 27.3 Å². The zero-order chi connectivity index (χ0) is 30.3. The molecule has 1 aliphatic heterocycles. The summed E-state index contributed by atoms with van der Waals surface area (Å²) in [5, 5.41) is 29.4. The summed E-state index contributed by atoms with van der Waals surface area (Å²) in [7, 11) is 0. The topological polar surface area (TPSA) is 155 Å². The number of pyridine rings is 1. The van der Waals surface area contributed by atoms with Gasteiger partial charge in [0.05, 0.1) is 45.6 Å². The van der Waals surface area contributed by atoms with Gasteiger partial charge in [0.1, 0.15) is 12.6 Å². The van der Waals surface area contributed by atoms with E-state index in [9.17, 15) is 15.3 Å². The van der Waals surface area contributed by atoms with Crippen LogP contribution in [0, 0.1) is 22.7 Å². The van der Waals surface area contributed by atoms with Gasteiger partial charge >= 0.3 is 0 Å². The van der Waals surface area contributed by atoms with Gasteiger partial charge in [-0.15, -0.1) is 5.53 Å². The van der Waals surface area contributed by atoms with Crippen LogP contribution >= 0.6 is 23.2 Å². The minimum Gasteiger partial charge on any atom is -0.377 e. The Labute approximate surface area is 258 Å². The highest BCUT2D eigenvalue weighted by Crippen LogP contribution is 2.38. The van der Waals surface area contributed by atoms with E-state index >= 15 is 0 Å². The van der Waals surface area contributed by atoms with Gasteiger partial charge in [-0.2, -0.15) is 10.5 Å². The zero-order valence-electron chi connectivity index (χ0n) is 22.8. The van der Waals surface area contributed by atoms with Crippen molar-refractivity contribution in [2.24, 2.45) is 5.73 Å². The van der Waals surface area contributed by atoms with Gasteiger partial charge in [-0.1, -0.05) is 71.7 Å². The van der Waals surface area contributed by atoms with Crippen LogP contribution in [0.1, 0.15) is 41.6 Å². The van der Waals surface area contributed by atoms with E-state index in [-0.39, 0.29) is 12.6 Å². The maximum Gasteiger partial charge on any atom is 0.238 e. The average Bonchev–Trinajstić information content (AvgIpc) is 3.46. The molecular formula is C31H27Cl2N9O. The van der Waals surface area contributed by atoms with E-state index in [1.807, 2.05) is 54.6 Å². The number of anilines is 2. The van der Waals surface area contributed by atoms with Crippen LogP contribution in [0.15, 0.2) is 84.8 Å². The van der Waals surface area contributed by atoms with Crippen LogP contribution in [0.2, 0.25) is 10.0 Å². The van der Waals surface area contributed by atoms with Crippen molar-refractivity contribution in [1.82, 2.24) is 21.0 Å². The fourth-order valence-corrected chi connectivity index (χ4v) is 5.45. The number of amides is 1. The predicted molar refractivity (Wildman–Crippen MR) is 167 cm³/mol. The number of rotatable bonds is 11. The molecule has 0 aliphatic carbocycles. The van der Waals surface area contributed by atoms with Gasteiger partial charge in [-0.05, 0) is 35.7 Å². The van der Waals surface area contributed by atoms with Crippen LogP contribution in [0.5, 0.6) is 0 Å². The Morgan fingerprint density at radius 3 is 2.53 bits per heavy atom. The first-order chi connectivity index (χ1) is 20.9. The Bertz CT molecular complexity index is 1770. The molecule has 43 heavy (non-hydrogen) atoms. The number of benzene rings is 3. The molecule has 6 N–H and O–H groups in total. The van der Waals surface area contributed by atoms with Crippen LogP contribution in [0.4, 0.5) is 11.4 Å². The van der Waals surface area contributed by atoms with Gasteiger partial charge in [0, 0.05) is 34.9 Å². The molecule has 0 unspecified atom stereocenters. The second-order valence-electron chi connectivity index (χ2n) is 9.83. The van der Waals surface area contributed by atoms with E-state index in [4.69, 9.17) is 28.9 Å². The number of nitrogens with two attached hydrogens (primary N) is 1. The number of primary amides is 1. The number of hydrogen-bond acceptors (Lipinski definition) is 9. The molecule has 0 radical (unpaired) electrons. The summed E-state index contributed by atoms with van der Waals surface area (Å²) < 4.78 is 0. The molecule has 0 spiro atoms. The van der Waals surface area contributed by atoms with E-state index in [1.54, 1.807) is 18.3 Å². The Hall–Kier alpha value is -5.00. The lowest BCUT2D eigenvalue weighted by molar-refractivity contribution is -0.119. The molecule has 12 heteroatoms. The molecule has 2 atom stereocenters. The van der Waals surface area contributed by atoms with E-state index in [1.165, 1.54) is 11.2 Å². The molecule has 216 valence electrons. The molecule has 2 heterocycles. The molecule has 10 nitrogen and oxygen atoms in total. The number of halogens is 2. The van der Waals surface area contributed by atoms with Gasteiger partial charge in [-0.3, -0.25) is 14.8 Å². The number of hydrazine groups is 2. The summed E-state index contributed by atoms with van der Waals surface area (Å²) in [4.78, 5) is 16.0. The molecule has 0 bridgehead atoms. The highest BCUT2D eigenvalue weighted by atomic mass is 35.5. The second kappa shape index (κ2) is 13.3. The molecule has 5 rings (SSSR count). The number of carbonyl (C=O) groups excluding carboxylic acids is 1. The normalized spacial score (nSPS) is 13.8. The second-order valence-corrected chi connectivity index (χ2v) is 10.6. The lowest BCUT2D eigenvalue weighted by Crippen LogP contribution is -2.41. The molecule has 1 aromatic heterocycles. The molecule has 1 aliphatic rings. The molecular weight excluding hydrogens is 585 g/mol. The summed E-state index contributed by atoms with van der Waals surface area (Å²) >= 11 is 13.4. The standard InChI is InChI=1S/C31H27Cl2N9O/c32-24-10-5-4-9-22(24)31(27-17-42(41-40-27)18-28(36)43)38-21-13-23-29(20(15-35)16-37-30(23)25(33)14-21)39-26(11-6-12-34)19-7-2-1-3-8-19/h1-5,7-10,13-14,16-17,26,31,38,40-41H,6,11,18H2,(H2,36,43)(H,37,39)/t26-,31+/m1/s1. The van der Waals surface area contributed by atoms with Gasteiger partial charge in [0.15, 0.2) is 0 Å². The van der Waals surface area contributed by atoms with Crippen molar-refractivity contribution in [3.05, 3.63) is 112 Å². The van der Waals surface area contributed by atoms with Crippen LogP contribution in [-0.4, -0.2) is 22.4 Å². The number of nitrogens with zero attached hydrogens (tertiary/aromatic N) is 4. The lowest BCUT2D eigenvalue weighted by atomic mass is 10.00. The van der Waals surface area contributed by atoms with Crippen LogP contribution in [-0.2, 0) is 4.79 Å². The van der Waals surface area contributed by atoms with Crippen molar-refractivity contribution in [2.75, 3.05) is 17.2 Å². The van der Waals surface area contributed by atoms with E-state index in [0.29, 0.717) is 56.4 Å². The van der Waals surface area contributed by atoms with Crippen LogP contribution in [0.25, 0.3) is 10.9 Å². The predicted octanol–water partition coefficient (Wildman–Crippen LogP) is 5.67. The largest absolute Gasteiger partial charge is 0.377 e. The fraction of sp³-hybridized carbons (Fsp3) is 0.161. The van der Waals surface area contributed by atoms with Crippen molar-refractivity contribution >= 4 is 51.4 Å². The Morgan fingerprint density at radius 1 is 1.05 bits per heavy atom. The summed E-state index contributed by atoms with van der Waals surface area (Å²) in [6.45, 7) is -0.0421. The van der Waals surface area contributed by atoms with Gasteiger partial charge in [-0.25, -0.2) is 0 Å². The number of nitriles is 2. The monoisotopic (exact) mass is 611 g/mol. The number of aromatic nitrogens is 1. The number of carbonyl (C=O) groups is 1. The summed E-state index contributed by atoms with van der Waals surface area (Å²) in [5.41, 5.74) is 15.9. The van der Waals surface area contributed by atoms with Gasteiger partial charge in [0.2, 0.25) is 5.91 Å². The third kappa shape index (κ3) is 6.74. The third-order valence-electron chi connectivity index (χ3n) is 6.91. The summed E-state index contributed by atoms with van der Waals surface area (Å²) in [6.07, 6.45) is 4.09. The smallest absolute Gasteiger partial charge is 0.238 e. The van der Waals surface area contributed by atoms with Crippen molar-refractivity contribution in [2.45, 2.75) is 24.9 Å². The third-order valence-corrected chi connectivity index (χ3v) is 7.55. The number of hydrogen-bond donors (Lipinski definition) is 5. The number of fused-ring (bicyclic) bond motifs is 1. The van der Waals surface area contributed by atoms with E-state index in [2.05, 4.69) is 38.7 Å².